The molecule has 0 bridgehead atoms. The zero-order valence-corrected chi connectivity index (χ0v) is 11.6. The van der Waals surface area contributed by atoms with Crippen LogP contribution in [0.15, 0.2) is 26.7 Å². The number of aryl methyl sites for hydroxylation is 1. The molecule has 0 aliphatic heterocycles. The van der Waals surface area contributed by atoms with Crippen LogP contribution < -0.4 is 5.73 Å². The first-order valence-electron chi connectivity index (χ1n) is 4.68. The standard InChI is InChI=1S/C11H12BrNS2/c1-7-4-14-6-10(7)11(13)3-9-2-8(12)5-15-9/h2,4-6,11H,3,13H2,1H3. The molecule has 0 spiro atoms. The summed E-state index contributed by atoms with van der Waals surface area (Å²) < 4.78 is 1.15. The van der Waals surface area contributed by atoms with Crippen molar-refractivity contribution in [2.75, 3.05) is 0 Å². The lowest BCUT2D eigenvalue weighted by Crippen LogP contribution is -2.12. The van der Waals surface area contributed by atoms with Gasteiger partial charge in [0.15, 0.2) is 0 Å². The first-order chi connectivity index (χ1) is 7.16. The molecule has 4 heteroatoms. The maximum absolute atomic E-state index is 6.18. The molecule has 2 heterocycles. The molecule has 2 aromatic heterocycles. The minimum Gasteiger partial charge on any atom is -0.324 e. The van der Waals surface area contributed by atoms with E-state index in [-0.39, 0.29) is 6.04 Å². The number of hydrogen-bond acceptors (Lipinski definition) is 3. The van der Waals surface area contributed by atoms with Crippen LogP contribution in [0.5, 0.6) is 0 Å². The number of thiophene rings is 2. The van der Waals surface area contributed by atoms with Crippen molar-refractivity contribution in [1.29, 1.82) is 0 Å². The van der Waals surface area contributed by atoms with E-state index in [1.165, 1.54) is 16.0 Å². The molecule has 2 aromatic rings. The lowest BCUT2D eigenvalue weighted by molar-refractivity contribution is 0.728. The average Bonchev–Trinajstić information content (AvgIpc) is 2.75. The van der Waals surface area contributed by atoms with Crippen molar-refractivity contribution in [3.05, 3.63) is 42.7 Å². The molecule has 2 rings (SSSR count). The number of nitrogens with two attached hydrogens (primary N) is 1. The summed E-state index contributed by atoms with van der Waals surface area (Å²) >= 11 is 6.94. The fourth-order valence-corrected chi connectivity index (χ4v) is 3.96. The van der Waals surface area contributed by atoms with E-state index in [1.807, 2.05) is 0 Å². The second kappa shape index (κ2) is 4.78. The molecule has 80 valence electrons. The summed E-state index contributed by atoms with van der Waals surface area (Å²) in [5, 5.41) is 6.41. The number of halogens is 1. The van der Waals surface area contributed by atoms with Gasteiger partial charge in [-0.15, -0.1) is 11.3 Å². The van der Waals surface area contributed by atoms with Crippen molar-refractivity contribution in [3.63, 3.8) is 0 Å². The lowest BCUT2D eigenvalue weighted by Gasteiger charge is -2.09. The summed E-state index contributed by atoms with van der Waals surface area (Å²) in [6.45, 7) is 2.12. The molecule has 1 unspecified atom stereocenters. The van der Waals surface area contributed by atoms with E-state index in [0.29, 0.717) is 0 Å². The van der Waals surface area contributed by atoms with Crippen LogP contribution in [0, 0.1) is 6.92 Å². The first-order valence-corrected chi connectivity index (χ1v) is 7.29. The van der Waals surface area contributed by atoms with Crippen molar-refractivity contribution in [3.8, 4) is 0 Å². The summed E-state index contributed by atoms with van der Waals surface area (Å²) in [5.41, 5.74) is 8.77. The monoisotopic (exact) mass is 301 g/mol. The Morgan fingerprint density at radius 3 is 2.73 bits per heavy atom. The lowest BCUT2D eigenvalue weighted by atomic mass is 10.0. The highest BCUT2D eigenvalue weighted by Gasteiger charge is 2.11. The molecule has 0 aromatic carbocycles. The van der Waals surface area contributed by atoms with Crippen LogP contribution in [-0.4, -0.2) is 0 Å². The third-order valence-electron chi connectivity index (χ3n) is 2.34. The van der Waals surface area contributed by atoms with Crippen molar-refractivity contribution in [1.82, 2.24) is 0 Å². The molecule has 0 saturated heterocycles. The normalized spacial score (nSPS) is 13.0. The van der Waals surface area contributed by atoms with Crippen molar-refractivity contribution in [2.24, 2.45) is 5.73 Å². The van der Waals surface area contributed by atoms with Crippen LogP contribution in [0.1, 0.15) is 22.0 Å². The predicted octanol–water partition coefficient (Wildman–Crippen LogP) is 4.12. The molecule has 0 amide bonds. The second-order valence-electron chi connectivity index (χ2n) is 3.55. The van der Waals surface area contributed by atoms with Crippen LogP contribution in [-0.2, 0) is 6.42 Å². The summed E-state index contributed by atoms with van der Waals surface area (Å²) in [6, 6.07) is 2.27. The topological polar surface area (TPSA) is 26.0 Å². The molecule has 2 N–H and O–H groups in total. The molecule has 1 nitrogen and oxygen atoms in total. The van der Waals surface area contributed by atoms with Gasteiger partial charge in [-0.2, -0.15) is 11.3 Å². The molecule has 15 heavy (non-hydrogen) atoms. The molecule has 0 aliphatic carbocycles. The highest BCUT2D eigenvalue weighted by atomic mass is 79.9. The fourth-order valence-electron chi connectivity index (χ4n) is 1.54. The number of hydrogen-bond donors (Lipinski definition) is 1. The summed E-state index contributed by atoms with van der Waals surface area (Å²) in [7, 11) is 0. The Kier molecular flexibility index (Phi) is 3.61. The van der Waals surface area contributed by atoms with Crippen molar-refractivity contribution < 1.29 is 0 Å². The molecule has 0 radical (unpaired) electrons. The van der Waals surface area contributed by atoms with Gasteiger partial charge in [-0.3, -0.25) is 0 Å². The van der Waals surface area contributed by atoms with Gasteiger partial charge in [0.25, 0.3) is 0 Å². The molecule has 0 aliphatic rings. The third-order valence-corrected chi connectivity index (χ3v) is 4.94. The molecule has 1 atom stereocenters. The maximum atomic E-state index is 6.18. The van der Waals surface area contributed by atoms with Gasteiger partial charge >= 0.3 is 0 Å². The van der Waals surface area contributed by atoms with E-state index in [4.69, 9.17) is 5.73 Å². The third kappa shape index (κ3) is 2.69. The minimum atomic E-state index is 0.127. The van der Waals surface area contributed by atoms with E-state index in [2.05, 4.69) is 45.1 Å². The Bertz CT molecular complexity index is 447. The van der Waals surface area contributed by atoms with Crippen LogP contribution in [0.4, 0.5) is 0 Å². The van der Waals surface area contributed by atoms with Crippen molar-refractivity contribution in [2.45, 2.75) is 19.4 Å². The van der Waals surface area contributed by atoms with E-state index >= 15 is 0 Å². The molecular weight excluding hydrogens is 290 g/mol. The van der Waals surface area contributed by atoms with Crippen LogP contribution in [0.2, 0.25) is 0 Å². The van der Waals surface area contributed by atoms with E-state index in [9.17, 15) is 0 Å². The zero-order valence-electron chi connectivity index (χ0n) is 8.37. The van der Waals surface area contributed by atoms with Gasteiger partial charge in [-0.25, -0.2) is 0 Å². The Hall–Kier alpha value is -0.160. The SMILES string of the molecule is Cc1cscc1C(N)Cc1cc(Br)cs1. The number of rotatable bonds is 3. The second-order valence-corrected chi connectivity index (χ2v) is 6.21. The Morgan fingerprint density at radius 1 is 1.40 bits per heavy atom. The zero-order chi connectivity index (χ0) is 10.8. The van der Waals surface area contributed by atoms with Crippen molar-refractivity contribution >= 4 is 38.6 Å². The van der Waals surface area contributed by atoms with Gasteiger partial charge < -0.3 is 5.73 Å². The minimum absolute atomic E-state index is 0.127. The van der Waals surface area contributed by atoms with E-state index < -0.39 is 0 Å². The summed E-state index contributed by atoms with van der Waals surface area (Å²) in [5.74, 6) is 0. The molecular formula is C11H12BrNS2. The average molecular weight is 302 g/mol. The van der Waals surface area contributed by atoms with E-state index in [1.54, 1.807) is 22.7 Å². The predicted molar refractivity (Wildman–Crippen MR) is 71.7 cm³/mol. The molecule has 0 fully saturated rings. The smallest absolute Gasteiger partial charge is 0.0354 e. The highest BCUT2D eigenvalue weighted by Crippen LogP contribution is 2.27. The van der Waals surface area contributed by atoms with Gasteiger partial charge in [0.1, 0.15) is 0 Å². The van der Waals surface area contributed by atoms with Gasteiger partial charge in [0, 0.05) is 27.2 Å². The van der Waals surface area contributed by atoms with Gasteiger partial charge in [0.2, 0.25) is 0 Å². The van der Waals surface area contributed by atoms with E-state index in [0.717, 1.165) is 10.9 Å². The maximum Gasteiger partial charge on any atom is 0.0354 e. The quantitative estimate of drug-likeness (QED) is 0.906. The highest BCUT2D eigenvalue weighted by molar-refractivity contribution is 9.10. The van der Waals surface area contributed by atoms with Crippen LogP contribution in [0.3, 0.4) is 0 Å². The van der Waals surface area contributed by atoms with Crippen LogP contribution in [0.25, 0.3) is 0 Å². The summed E-state index contributed by atoms with van der Waals surface area (Å²) in [4.78, 5) is 1.33. The van der Waals surface area contributed by atoms with Gasteiger partial charge in [0.05, 0.1) is 0 Å². The summed E-state index contributed by atoms with van der Waals surface area (Å²) in [6.07, 6.45) is 0.924. The molecule has 0 saturated carbocycles. The Labute approximate surface area is 106 Å². The fraction of sp³-hybridized carbons (Fsp3) is 0.273. The van der Waals surface area contributed by atoms with Crippen LogP contribution >= 0.6 is 38.6 Å². The Balaban J connectivity index is 2.10. The Morgan fingerprint density at radius 2 is 2.20 bits per heavy atom. The largest absolute Gasteiger partial charge is 0.324 e. The van der Waals surface area contributed by atoms with Gasteiger partial charge in [-0.1, -0.05) is 0 Å². The first kappa shape index (κ1) is 11.3. The van der Waals surface area contributed by atoms with Gasteiger partial charge in [-0.05, 0) is 50.8 Å².